The van der Waals surface area contributed by atoms with Gasteiger partial charge in [0.25, 0.3) is 0 Å². The summed E-state index contributed by atoms with van der Waals surface area (Å²) in [5.74, 6) is -1.63. The molecule has 1 N–H and O–H groups in total. The van der Waals surface area contributed by atoms with E-state index in [1.165, 1.54) is 18.3 Å². The number of aliphatic carboxylic acids is 1. The number of carboxylic acid groups (broad SMARTS) is 1. The van der Waals surface area contributed by atoms with Crippen molar-refractivity contribution in [3.05, 3.63) is 22.4 Å². The molecule has 0 spiro atoms. The van der Waals surface area contributed by atoms with Gasteiger partial charge < -0.3 is 5.11 Å². The minimum absolute atomic E-state index is 0.0755. The van der Waals surface area contributed by atoms with Crippen molar-refractivity contribution >= 4 is 23.1 Å². The molecule has 1 heterocycles. The number of ketones is 1. The van der Waals surface area contributed by atoms with Crippen molar-refractivity contribution < 1.29 is 14.7 Å². The van der Waals surface area contributed by atoms with Gasteiger partial charge in [0.05, 0.1) is 5.92 Å². The van der Waals surface area contributed by atoms with Crippen LogP contribution in [-0.4, -0.2) is 16.9 Å². The van der Waals surface area contributed by atoms with Gasteiger partial charge in [-0.1, -0.05) is 6.92 Å². The van der Waals surface area contributed by atoms with Gasteiger partial charge in [-0.25, -0.2) is 0 Å². The number of Topliss-reactive ketones (excluding diaryl/α,β-unsaturated/α-hetero) is 1. The molecule has 70 valence electrons. The zero-order valence-corrected chi connectivity index (χ0v) is 8.00. The summed E-state index contributed by atoms with van der Waals surface area (Å²) in [5, 5.41) is 12.1. The van der Waals surface area contributed by atoms with Gasteiger partial charge in [-0.3, -0.25) is 9.59 Å². The summed E-state index contributed by atoms with van der Waals surface area (Å²) in [4.78, 5) is 21.8. The van der Waals surface area contributed by atoms with Gasteiger partial charge in [0.1, 0.15) is 0 Å². The van der Waals surface area contributed by atoms with Crippen molar-refractivity contribution in [2.75, 3.05) is 0 Å². The largest absolute Gasteiger partial charge is 0.481 e. The molecule has 0 aliphatic carbocycles. The first-order chi connectivity index (χ1) is 6.11. The summed E-state index contributed by atoms with van der Waals surface area (Å²) >= 11 is 1.44. The van der Waals surface area contributed by atoms with Crippen LogP contribution in [0.1, 0.15) is 23.7 Å². The summed E-state index contributed by atoms with van der Waals surface area (Å²) in [6, 6.07) is 1.71. The molecule has 1 atom stereocenters. The Kier molecular flexibility index (Phi) is 3.19. The predicted octanol–water partition coefficient (Wildman–Crippen LogP) is 2.04. The maximum atomic E-state index is 11.4. The Bertz CT molecular complexity index is 303. The Hall–Kier alpha value is -1.16. The number of thiophene rings is 1. The molecule has 0 amide bonds. The molecule has 1 aromatic heterocycles. The Balaban J connectivity index is 2.56. The maximum absolute atomic E-state index is 11.4. The molecule has 1 unspecified atom stereocenters. The van der Waals surface area contributed by atoms with Crippen molar-refractivity contribution in [3.63, 3.8) is 0 Å². The van der Waals surface area contributed by atoms with E-state index in [1.54, 1.807) is 16.8 Å². The first-order valence-electron chi connectivity index (χ1n) is 3.89. The van der Waals surface area contributed by atoms with E-state index in [-0.39, 0.29) is 12.2 Å². The molecule has 0 aliphatic heterocycles. The third-order valence-corrected chi connectivity index (χ3v) is 2.44. The molecule has 4 heteroatoms. The first-order valence-corrected chi connectivity index (χ1v) is 4.83. The zero-order valence-electron chi connectivity index (χ0n) is 7.19. The number of rotatable bonds is 4. The summed E-state index contributed by atoms with van der Waals surface area (Å²) in [6.45, 7) is 1.53. The van der Waals surface area contributed by atoms with E-state index in [0.717, 1.165) is 0 Å². The first kappa shape index (κ1) is 9.92. The van der Waals surface area contributed by atoms with E-state index in [1.807, 2.05) is 0 Å². The lowest BCUT2D eigenvalue weighted by atomic mass is 10.0. The Morgan fingerprint density at radius 1 is 1.62 bits per heavy atom. The Labute approximate surface area is 80.0 Å². The molecule has 1 rings (SSSR count). The molecule has 0 fully saturated rings. The Morgan fingerprint density at radius 2 is 2.31 bits per heavy atom. The van der Waals surface area contributed by atoms with Crippen LogP contribution in [0.5, 0.6) is 0 Å². The fourth-order valence-corrected chi connectivity index (χ4v) is 1.57. The van der Waals surface area contributed by atoms with Crippen molar-refractivity contribution in [1.82, 2.24) is 0 Å². The Morgan fingerprint density at radius 3 is 2.77 bits per heavy atom. The molecule has 0 aliphatic rings. The monoisotopic (exact) mass is 198 g/mol. The SMILES string of the molecule is CC(CC(=O)c1ccsc1)C(=O)O. The summed E-state index contributed by atoms with van der Waals surface area (Å²) < 4.78 is 0. The molecule has 13 heavy (non-hydrogen) atoms. The van der Waals surface area contributed by atoms with Crippen LogP contribution in [-0.2, 0) is 4.79 Å². The summed E-state index contributed by atoms with van der Waals surface area (Å²) in [5.41, 5.74) is 0.609. The van der Waals surface area contributed by atoms with Crippen molar-refractivity contribution in [3.8, 4) is 0 Å². The number of carbonyl (C=O) groups excluding carboxylic acids is 1. The fourth-order valence-electron chi connectivity index (χ4n) is 0.906. The quantitative estimate of drug-likeness (QED) is 0.753. The fraction of sp³-hybridized carbons (Fsp3) is 0.333. The predicted molar refractivity (Wildman–Crippen MR) is 50.1 cm³/mol. The van der Waals surface area contributed by atoms with Gasteiger partial charge in [-0.2, -0.15) is 11.3 Å². The third kappa shape index (κ3) is 2.66. The highest BCUT2D eigenvalue weighted by atomic mass is 32.1. The number of hydrogen-bond acceptors (Lipinski definition) is 3. The molecule has 1 aromatic rings. The second-order valence-electron chi connectivity index (χ2n) is 2.88. The lowest BCUT2D eigenvalue weighted by Crippen LogP contribution is -2.14. The second-order valence-corrected chi connectivity index (χ2v) is 3.66. The van der Waals surface area contributed by atoms with Crippen LogP contribution in [0.3, 0.4) is 0 Å². The second kappa shape index (κ2) is 4.18. The lowest BCUT2D eigenvalue weighted by molar-refractivity contribution is -0.141. The number of carbonyl (C=O) groups is 2. The van der Waals surface area contributed by atoms with Crippen molar-refractivity contribution in [1.29, 1.82) is 0 Å². The molecule has 0 saturated heterocycles. The topological polar surface area (TPSA) is 54.4 Å². The average molecular weight is 198 g/mol. The highest BCUT2D eigenvalue weighted by molar-refractivity contribution is 7.08. The molecular formula is C9H10O3S. The standard InChI is InChI=1S/C9H10O3S/c1-6(9(11)12)4-8(10)7-2-3-13-5-7/h2-3,5-6H,4H2,1H3,(H,11,12). The van der Waals surface area contributed by atoms with Crippen LogP contribution in [0, 0.1) is 5.92 Å². The zero-order chi connectivity index (χ0) is 9.84. The molecular weight excluding hydrogens is 188 g/mol. The smallest absolute Gasteiger partial charge is 0.306 e. The van der Waals surface area contributed by atoms with Gasteiger partial charge in [0, 0.05) is 17.4 Å². The number of hydrogen-bond donors (Lipinski definition) is 1. The van der Waals surface area contributed by atoms with Crippen molar-refractivity contribution in [2.45, 2.75) is 13.3 Å². The van der Waals surface area contributed by atoms with Crippen LogP contribution < -0.4 is 0 Å². The van der Waals surface area contributed by atoms with Gasteiger partial charge in [0.2, 0.25) is 0 Å². The summed E-state index contributed by atoms with van der Waals surface area (Å²) in [7, 11) is 0. The van der Waals surface area contributed by atoms with Crippen LogP contribution in [0.15, 0.2) is 16.8 Å². The minimum Gasteiger partial charge on any atom is -0.481 e. The van der Waals surface area contributed by atoms with E-state index in [0.29, 0.717) is 5.56 Å². The van der Waals surface area contributed by atoms with Crippen LogP contribution >= 0.6 is 11.3 Å². The summed E-state index contributed by atoms with van der Waals surface area (Å²) in [6.07, 6.45) is 0.0755. The van der Waals surface area contributed by atoms with Crippen LogP contribution in [0.25, 0.3) is 0 Å². The lowest BCUT2D eigenvalue weighted by Gasteiger charge is -2.02. The van der Waals surface area contributed by atoms with Crippen LogP contribution in [0.4, 0.5) is 0 Å². The molecule has 0 saturated carbocycles. The van der Waals surface area contributed by atoms with Crippen molar-refractivity contribution in [2.24, 2.45) is 5.92 Å². The van der Waals surface area contributed by atoms with E-state index in [2.05, 4.69) is 0 Å². The highest BCUT2D eigenvalue weighted by Crippen LogP contribution is 2.12. The number of carboxylic acids is 1. The molecule has 3 nitrogen and oxygen atoms in total. The molecule has 0 aromatic carbocycles. The third-order valence-electron chi connectivity index (χ3n) is 1.76. The average Bonchev–Trinajstić information content (AvgIpc) is 2.55. The molecule has 0 bridgehead atoms. The van der Waals surface area contributed by atoms with Crippen LogP contribution in [0.2, 0.25) is 0 Å². The normalized spacial score (nSPS) is 12.4. The van der Waals surface area contributed by atoms with Gasteiger partial charge in [-0.15, -0.1) is 0 Å². The van der Waals surface area contributed by atoms with E-state index in [9.17, 15) is 9.59 Å². The van der Waals surface area contributed by atoms with E-state index < -0.39 is 11.9 Å². The van der Waals surface area contributed by atoms with Gasteiger partial charge in [-0.05, 0) is 11.4 Å². The molecule has 0 radical (unpaired) electrons. The maximum Gasteiger partial charge on any atom is 0.306 e. The van der Waals surface area contributed by atoms with E-state index in [4.69, 9.17) is 5.11 Å². The minimum atomic E-state index is -0.927. The van der Waals surface area contributed by atoms with E-state index >= 15 is 0 Å². The van der Waals surface area contributed by atoms with Gasteiger partial charge in [0.15, 0.2) is 5.78 Å². The van der Waals surface area contributed by atoms with Gasteiger partial charge >= 0.3 is 5.97 Å². The highest BCUT2D eigenvalue weighted by Gasteiger charge is 2.16.